The van der Waals surface area contributed by atoms with Crippen LogP contribution in [-0.2, 0) is 14.3 Å². The summed E-state index contributed by atoms with van der Waals surface area (Å²) in [5.74, 6) is -0.595. The van der Waals surface area contributed by atoms with E-state index in [1.807, 2.05) is 32.0 Å². The smallest absolute Gasteiger partial charge is 0.335 e. The molecule has 140 valence electrons. The summed E-state index contributed by atoms with van der Waals surface area (Å²) in [6.07, 6.45) is 1.31. The summed E-state index contributed by atoms with van der Waals surface area (Å²) >= 11 is 0. The molecule has 0 saturated carbocycles. The maximum absolute atomic E-state index is 13.0. The van der Waals surface area contributed by atoms with Crippen LogP contribution >= 0.6 is 0 Å². The summed E-state index contributed by atoms with van der Waals surface area (Å²) in [7, 11) is 0. The second-order valence-electron chi connectivity index (χ2n) is 7.77. The van der Waals surface area contributed by atoms with Crippen LogP contribution in [0.1, 0.15) is 44.7 Å². The number of hydrogen-bond acceptors (Lipinski definition) is 4. The van der Waals surface area contributed by atoms with Gasteiger partial charge in [-0.3, -0.25) is 4.79 Å². The van der Waals surface area contributed by atoms with Crippen molar-refractivity contribution in [2.24, 2.45) is 0 Å². The Labute approximate surface area is 155 Å². The van der Waals surface area contributed by atoms with E-state index in [9.17, 15) is 9.59 Å². The lowest BCUT2D eigenvalue weighted by atomic mass is 9.82. The first-order valence-corrected chi connectivity index (χ1v) is 9.31. The average Bonchev–Trinajstić information content (AvgIpc) is 2.81. The van der Waals surface area contributed by atoms with Crippen LogP contribution in [0.2, 0.25) is 0 Å². The van der Waals surface area contributed by atoms with Gasteiger partial charge in [-0.2, -0.15) is 0 Å². The Bertz CT molecular complexity index is 771. The van der Waals surface area contributed by atoms with Crippen LogP contribution in [0.4, 0.5) is 5.69 Å². The highest BCUT2D eigenvalue weighted by molar-refractivity contribution is 6.12. The Kier molecular flexibility index (Phi) is 4.93. The van der Waals surface area contributed by atoms with Gasteiger partial charge in [-0.1, -0.05) is 6.07 Å². The summed E-state index contributed by atoms with van der Waals surface area (Å²) in [5, 5.41) is 2.97. The van der Waals surface area contributed by atoms with Crippen molar-refractivity contribution in [2.75, 3.05) is 18.4 Å². The molecule has 0 aliphatic carbocycles. The van der Waals surface area contributed by atoms with Crippen molar-refractivity contribution in [1.29, 1.82) is 0 Å². The SMILES string of the molecule is CC1=C(C(=O)Nc2ccc(C)c(C)c2)C2(CCN(C(C)C)CC2)OC1=O. The normalized spacial score (nSPS) is 20.0. The third kappa shape index (κ3) is 3.28. The second-order valence-corrected chi connectivity index (χ2v) is 7.77. The highest BCUT2D eigenvalue weighted by Crippen LogP contribution is 2.41. The lowest BCUT2D eigenvalue weighted by Crippen LogP contribution is -2.49. The second kappa shape index (κ2) is 6.88. The van der Waals surface area contributed by atoms with Gasteiger partial charge in [0.15, 0.2) is 0 Å². The largest absolute Gasteiger partial charge is 0.450 e. The highest BCUT2D eigenvalue weighted by atomic mass is 16.6. The number of anilines is 1. The number of hydrogen-bond donors (Lipinski definition) is 1. The molecule has 5 heteroatoms. The molecular weight excluding hydrogens is 328 g/mol. The third-order valence-electron chi connectivity index (χ3n) is 5.75. The molecule has 3 rings (SSSR count). The molecule has 2 heterocycles. The molecule has 2 aliphatic rings. The lowest BCUT2D eigenvalue weighted by molar-refractivity contribution is -0.151. The first-order chi connectivity index (χ1) is 12.2. The van der Waals surface area contributed by atoms with Gasteiger partial charge in [-0.15, -0.1) is 0 Å². The van der Waals surface area contributed by atoms with Gasteiger partial charge in [-0.25, -0.2) is 4.79 Å². The van der Waals surface area contributed by atoms with E-state index in [-0.39, 0.29) is 11.9 Å². The maximum atomic E-state index is 13.0. The molecule has 5 nitrogen and oxygen atoms in total. The number of ether oxygens (including phenoxy) is 1. The van der Waals surface area contributed by atoms with Crippen LogP contribution in [0, 0.1) is 13.8 Å². The topological polar surface area (TPSA) is 58.6 Å². The van der Waals surface area contributed by atoms with Crippen LogP contribution < -0.4 is 5.32 Å². The van der Waals surface area contributed by atoms with Gasteiger partial charge in [0.2, 0.25) is 0 Å². The molecule has 1 fully saturated rings. The zero-order valence-electron chi connectivity index (χ0n) is 16.3. The number of carbonyl (C=O) groups excluding carboxylic acids is 2. The van der Waals surface area contributed by atoms with Crippen molar-refractivity contribution in [3.8, 4) is 0 Å². The third-order valence-corrected chi connectivity index (χ3v) is 5.75. The zero-order chi connectivity index (χ0) is 19.1. The number of piperidine rings is 1. The Morgan fingerprint density at radius 2 is 1.81 bits per heavy atom. The number of nitrogens with one attached hydrogen (secondary N) is 1. The van der Waals surface area contributed by atoms with Gasteiger partial charge in [0.05, 0.1) is 5.57 Å². The monoisotopic (exact) mass is 356 g/mol. The predicted octanol–water partition coefficient (Wildman–Crippen LogP) is 3.36. The van der Waals surface area contributed by atoms with E-state index in [4.69, 9.17) is 4.74 Å². The van der Waals surface area contributed by atoms with E-state index in [0.29, 0.717) is 30.0 Å². The van der Waals surface area contributed by atoms with Crippen molar-refractivity contribution >= 4 is 17.6 Å². The Morgan fingerprint density at radius 1 is 1.15 bits per heavy atom. The first-order valence-electron chi connectivity index (χ1n) is 9.31. The molecule has 1 aromatic rings. The zero-order valence-corrected chi connectivity index (χ0v) is 16.3. The first kappa shape index (κ1) is 18.6. The summed E-state index contributed by atoms with van der Waals surface area (Å²) in [6.45, 7) is 11.7. The van der Waals surface area contributed by atoms with Gasteiger partial charge in [0.25, 0.3) is 5.91 Å². The van der Waals surface area contributed by atoms with Crippen LogP contribution in [0.15, 0.2) is 29.3 Å². The number of amides is 1. The molecule has 2 aliphatic heterocycles. The van der Waals surface area contributed by atoms with E-state index in [1.54, 1.807) is 6.92 Å². The van der Waals surface area contributed by atoms with E-state index >= 15 is 0 Å². The van der Waals surface area contributed by atoms with Crippen LogP contribution in [0.5, 0.6) is 0 Å². The predicted molar refractivity (Wildman–Crippen MR) is 102 cm³/mol. The number of aryl methyl sites for hydroxylation is 2. The highest BCUT2D eigenvalue weighted by Gasteiger charge is 2.50. The molecule has 0 unspecified atom stereocenters. The average molecular weight is 356 g/mol. The summed E-state index contributed by atoms with van der Waals surface area (Å²) < 4.78 is 5.74. The van der Waals surface area contributed by atoms with Gasteiger partial charge in [-0.05, 0) is 57.9 Å². The Hall–Kier alpha value is -2.14. The van der Waals surface area contributed by atoms with Gasteiger partial charge in [0.1, 0.15) is 5.60 Å². The fourth-order valence-electron chi connectivity index (χ4n) is 3.89. The molecule has 1 saturated heterocycles. The molecule has 0 bridgehead atoms. The molecule has 0 atom stereocenters. The van der Waals surface area contributed by atoms with Crippen LogP contribution in [-0.4, -0.2) is 41.5 Å². The minimum Gasteiger partial charge on any atom is -0.450 e. The Balaban J connectivity index is 1.84. The molecular formula is C21H28N2O3. The van der Waals surface area contributed by atoms with Gasteiger partial charge >= 0.3 is 5.97 Å². The van der Waals surface area contributed by atoms with Crippen molar-refractivity contribution in [1.82, 2.24) is 4.90 Å². The number of benzene rings is 1. The standard InChI is InChI=1S/C21H28N2O3/c1-13(2)23-10-8-21(9-11-23)18(16(5)20(25)26-21)19(24)22-17-7-6-14(3)15(4)12-17/h6-7,12-13H,8-11H2,1-5H3,(H,22,24). The van der Waals surface area contributed by atoms with Crippen molar-refractivity contribution in [2.45, 2.75) is 59.1 Å². The minimum atomic E-state index is -0.781. The van der Waals surface area contributed by atoms with E-state index < -0.39 is 5.60 Å². The lowest BCUT2D eigenvalue weighted by Gasteiger charge is -2.40. The molecule has 1 aromatic carbocycles. The molecule has 1 amide bonds. The molecule has 26 heavy (non-hydrogen) atoms. The molecule has 0 aromatic heterocycles. The number of esters is 1. The van der Waals surface area contributed by atoms with Crippen LogP contribution in [0.3, 0.4) is 0 Å². The number of carbonyl (C=O) groups is 2. The van der Waals surface area contributed by atoms with Gasteiger partial charge in [0, 0.05) is 43.2 Å². The maximum Gasteiger partial charge on any atom is 0.335 e. The van der Waals surface area contributed by atoms with E-state index in [1.165, 1.54) is 5.56 Å². The molecule has 1 spiro atoms. The van der Waals surface area contributed by atoms with Crippen molar-refractivity contribution < 1.29 is 14.3 Å². The fraction of sp³-hybridized carbons (Fsp3) is 0.524. The van der Waals surface area contributed by atoms with Gasteiger partial charge < -0.3 is 15.0 Å². The number of likely N-dealkylation sites (tertiary alicyclic amines) is 1. The Morgan fingerprint density at radius 3 is 2.38 bits per heavy atom. The van der Waals surface area contributed by atoms with Crippen molar-refractivity contribution in [3.63, 3.8) is 0 Å². The number of rotatable bonds is 3. The quantitative estimate of drug-likeness (QED) is 0.844. The van der Waals surface area contributed by atoms with Crippen molar-refractivity contribution in [3.05, 3.63) is 40.5 Å². The van der Waals surface area contributed by atoms with E-state index in [0.717, 1.165) is 24.3 Å². The fourth-order valence-corrected chi connectivity index (χ4v) is 3.89. The minimum absolute atomic E-state index is 0.227. The summed E-state index contributed by atoms with van der Waals surface area (Å²) in [5.41, 5.74) is 3.19. The molecule has 0 radical (unpaired) electrons. The molecule has 1 N–H and O–H groups in total. The van der Waals surface area contributed by atoms with Crippen LogP contribution in [0.25, 0.3) is 0 Å². The summed E-state index contributed by atoms with van der Waals surface area (Å²) in [6, 6.07) is 6.28. The number of nitrogens with zero attached hydrogens (tertiary/aromatic N) is 1. The summed E-state index contributed by atoms with van der Waals surface area (Å²) in [4.78, 5) is 27.6. The van der Waals surface area contributed by atoms with E-state index in [2.05, 4.69) is 24.1 Å².